The smallest absolute Gasteiger partial charge is 0.243 e. The fraction of sp³-hybridized carbons (Fsp3) is 0.438. The highest BCUT2D eigenvalue weighted by molar-refractivity contribution is 5.90. The molecule has 0 radical (unpaired) electrons. The molecular formula is C16H21N3O3. The van der Waals surface area contributed by atoms with E-state index in [1.807, 2.05) is 12.1 Å². The van der Waals surface area contributed by atoms with Gasteiger partial charge in [-0.05, 0) is 30.5 Å². The van der Waals surface area contributed by atoms with Crippen LogP contribution in [0.2, 0.25) is 0 Å². The van der Waals surface area contributed by atoms with Crippen LogP contribution in [0.15, 0.2) is 24.3 Å². The number of unbranched alkanes of at least 4 members (excludes halogenated alkanes) is 3. The molecule has 0 saturated carbocycles. The Balaban J connectivity index is 2.15. The number of nitriles is 1. The highest BCUT2D eigenvalue weighted by Gasteiger charge is 2.03. The lowest BCUT2D eigenvalue weighted by atomic mass is 10.1. The van der Waals surface area contributed by atoms with E-state index >= 15 is 0 Å². The van der Waals surface area contributed by atoms with Crippen molar-refractivity contribution in [1.82, 2.24) is 5.48 Å². The number of hydroxylamine groups is 1. The summed E-state index contributed by atoms with van der Waals surface area (Å²) in [6, 6.07) is 9.30. The summed E-state index contributed by atoms with van der Waals surface area (Å²) in [6.07, 6.45) is 4.29. The van der Waals surface area contributed by atoms with Crippen molar-refractivity contribution in [3.05, 3.63) is 29.8 Å². The van der Waals surface area contributed by atoms with Gasteiger partial charge in [-0.15, -0.1) is 0 Å². The zero-order valence-electron chi connectivity index (χ0n) is 12.5. The molecule has 22 heavy (non-hydrogen) atoms. The molecule has 0 heterocycles. The highest BCUT2D eigenvalue weighted by atomic mass is 16.5. The molecule has 6 heteroatoms. The van der Waals surface area contributed by atoms with Gasteiger partial charge in [0.15, 0.2) is 0 Å². The molecule has 6 nitrogen and oxygen atoms in total. The molecule has 0 aliphatic heterocycles. The quantitative estimate of drug-likeness (QED) is 0.370. The molecule has 3 N–H and O–H groups in total. The van der Waals surface area contributed by atoms with Crippen LogP contribution >= 0.6 is 0 Å². The van der Waals surface area contributed by atoms with Crippen LogP contribution in [-0.2, 0) is 16.0 Å². The van der Waals surface area contributed by atoms with Gasteiger partial charge in [0, 0.05) is 18.5 Å². The number of nitrogens with zero attached hydrogens (tertiary/aromatic N) is 1. The predicted octanol–water partition coefficient (Wildman–Crippen LogP) is 2.54. The number of rotatable bonds is 9. The SMILES string of the molecule is N#CCc1ccc(NC(=O)CCCCCCC(=O)NO)cc1. The van der Waals surface area contributed by atoms with Crippen molar-refractivity contribution in [2.75, 3.05) is 5.32 Å². The monoisotopic (exact) mass is 303 g/mol. The molecule has 1 rings (SSSR count). The largest absolute Gasteiger partial charge is 0.326 e. The van der Waals surface area contributed by atoms with Gasteiger partial charge in [-0.3, -0.25) is 14.8 Å². The Bertz CT molecular complexity index is 520. The molecule has 118 valence electrons. The number of amides is 2. The maximum absolute atomic E-state index is 11.7. The number of nitrogens with one attached hydrogen (secondary N) is 2. The average molecular weight is 303 g/mol. The fourth-order valence-electron chi connectivity index (χ4n) is 2.00. The maximum Gasteiger partial charge on any atom is 0.243 e. The van der Waals surface area contributed by atoms with E-state index in [1.165, 1.54) is 0 Å². The Hall–Kier alpha value is -2.39. The molecular weight excluding hydrogens is 282 g/mol. The number of benzene rings is 1. The molecule has 0 aliphatic rings. The van der Waals surface area contributed by atoms with Crippen LogP contribution in [0.3, 0.4) is 0 Å². The first kappa shape index (κ1) is 17.7. The van der Waals surface area contributed by atoms with Gasteiger partial charge in [0.1, 0.15) is 0 Å². The Morgan fingerprint density at radius 2 is 1.59 bits per heavy atom. The van der Waals surface area contributed by atoms with Crippen LogP contribution in [0.25, 0.3) is 0 Å². The minimum absolute atomic E-state index is 0.0406. The summed E-state index contributed by atoms with van der Waals surface area (Å²) in [6.45, 7) is 0. The lowest BCUT2D eigenvalue weighted by molar-refractivity contribution is -0.129. The summed E-state index contributed by atoms with van der Waals surface area (Å²) >= 11 is 0. The molecule has 1 aromatic carbocycles. The normalized spacial score (nSPS) is 9.82. The Labute approximate surface area is 130 Å². The van der Waals surface area contributed by atoms with E-state index in [-0.39, 0.29) is 11.8 Å². The number of carbonyl (C=O) groups is 2. The van der Waals surface area contributed by atoms with Crippen molar-refractivity contribution in [3.8, 4) is 6.07 Å². The zero-order valence-corrected chi connectivity index (χ0v) is 12.5. The molecule has 0 atom stereocenters. The van der Waals surface area contributed by atoms with Crippen molar-refractivity contribution >= 4 is 17.5 Å². The van der Waals surface area contributed by atoms with Crippen LogP contribution in [0.4, 0.5) is 5.69 Å². The fourth-order valence-corrected chi connectivity index (χ4v) is 2.00. The van der Waals surface area contributed by atoms with Crippen molar-refractivity contribution in [2.24, 2.45) is 0 Å². The molecule has 0 fully saturated rings. The first-order valence-electron chi connectivity index (χ1n) is 7.34. The van der Waals surface area contributed by atoms with E-state index in [0.29, 0.717) is 25.7 Å². The van der Waals surface area contributed by atoms with E-state index < -0.39 is 0 Å². The Morgan fingerprint density at radius 1 is 1.00 bits per heavy atom. The van der Waals surface area contributed by atoms with Crippen molar-refractivity contribution < 1.29 is 14.8 Å². The summed E-state index contributed by atoms with van der Waals surface area (Å²) in [5.74, 6) is -0.418. The summed E-state index contributed by atoms with van der Waals surface area (Å²) in [4.78, 5) is 22.5. The number of anilines is 1. The van der Waals surface area contributed by atoms with Crippen LogP contribution in [-0.4, -0.2) is 17.0 Å². The van der Waals surface area contributed by atoms with Gasteiger partial charge in [0.25, 0.3) is 0 Å². The van der Waals surface area contributed by atoms with Gasteiger partial charge < -0.3 is 5.32 Å². The van der Waals surface area contributed by atoms with E-state index in [2.05, 4.69) is 11.4 Å². The summed E-state index contributed by atoms with van der Waals surface area (Å²) < 4.78 is 0. The third kappa shape index (κ3) is 7.41. The third-order valence-corrected chi connectivity index (χ3v) is 3.20. The first-order valence-corrected chi connectivity index (χ1v) is 7.34. The van der Waals surface area contributed by atoms with E-state index in [4.69, 9.17) is 10.5 Å². The van der Waals surface area contributed by atoms with Gasteiger partial charge in [-0.2, -0.15) is 5.26 Å². The maximum atomic E-state index is 11.7. The average Bonchev–Trinajstić information content (AvgIpc) is 2.52. The van der Waals surface area contributed by atoms with Gasteiger partial charge in [-0.1, -0.05) is 25.0 Å². The molecule has 1 aromatic rings. The van der Waals surface area contributed by atoms with Gasteiger partial charge in [0.2, 0.25) is 11.8 Å². The number of hydrogen-bond donors (Lipinski definition) is 3. The summed E-state index contributed by atoms with van der Waals surface area (Å²) in [5, 5.41) is 19.7. The molecule has 0 saturated heterocycles. The number of hydrogen-bond acceptors (Lipinski definition) is 4. The predicted molar refractivity (Wildman–Crippen MR) is 82.0 cm³/mol. The lowest BCUT2D eigenvalue weighted by Gasteiger charge is -2.06. The van der Waals surface area contributed by atoms with Gasteiger partial charge >= 0.3 is 0 Å². The lowest BCUT2D eigenvalue weighted by Crippen LogP contribution is -2.17. The minimum Gasteiger partial charge on any atom is -0.326 e. The standard InChI is InChI=1S/C16H21N3O3/c17-12-11-13-7-9-14(10-8-13)18-15(20)5-3-1-2-4-6-16(21)19-22/h7-10,22H,1-6,11H2,(H,18,20)(H,19,21). The van der Waals surface area contributed by atoms with Crippen LogP contribution in [0.1, 0.15) is 44.1 Å². The number of carbonyl (C=O) groups excluding carboxylic acids is 2. The second-order valence-corrected chi connectivity index (χ2v) is 5.03. The van der Waals surface area contributed by atoms with Crippen molar-refractivity contribution in [2.45, 2.75) is 44.9 Å². The Kier molecular flexibility index (Phi) is 8.31. The van der Waals surface area contributed by atoms with Crippen LogP contribution < -0.4 is 10.8 Å². The van der Waals surface area contributed by atoms with Crippen LogP contribution in [0.5, 0.6) is 0 Å². The zero-order chi connectivity index (χ0) is 16.2. The highest BCUT2D eigenvalue weighted by Crippen LogP contribution is 2.11. The third-order valence-electron chi connectivity index (χ3n) is 3.20. The summed E-state index contributed by atoms with van der Waals surface area (Å²) in [7, 11) is 0. The molecule has 0 aliphatic carbocycles. The molecule has 0 unspecified atom stereocenters. The molecule has 2 amide bonds. The molecule has 0 bridgehead atoms. The van der Waals surface area contributed by atoms with Crippen LogP contribution in [0, 0.1) is 11.3 Å². The second kappa shape index (κ2) is 10.4. The van der Waals surface area contributed by atoms with E-state index in [0.717, 1.165) is 30.5 Å². The minimum atomic E-state index is -0.377. The van der Waals surface area contributed by atoms with Gasteiger partial charge in [0.05, 0.1) is 12.5 Å². The van der Waals surface area contributed by atoms with E-state index in [1.54, 1.807) is 17.6 Å². The van der Waals surface area contributed by atoms with Gasteiger partial charge in [-0.25, -0.2) is 5.48 Å². The van der Waals surface area contributed by atoms with E-state index in [9.17, 15) is 9.59 Å². The van der Waals surface area contributed by atoms with Crippen molar-refractivity contribution in [1.29, 1.82) is 5.26 Å². The summed E-state index contributed by atoms with van der Waals surface area (Å²) in [5.41, 5.74) is 3.24. The topological polar surface area (TPSA) is 102 Å². The Morgan fingerprint density at radius 3 is 2.14 bits per heavy atom. The second-order valence-electron chi connectivity index (χ2n) is 5.03. The van der Waals surface area contributed by atoms with Crippen molar-refractivity contribution in [3.63, 3.8) is 0 Å². The molecule has 0 aromatic heterocycles. The first-order chi connectivity index (χ1) is 10.7. The molecule has 0 spiro atoms.